The second-order valence-corrected chi connectivity index (χ2v) is 10.3. The summed E-state index contributed by atoms with van der Waals surface area (Å²) in [5.41, 5.74) is 2.05. The third kappa shape index (κ3) is 4.59. The molecule has 0 atom stereocenters. The largest absolute Gasteiger partial charge is 0.380 e. The average molecular weight is 457 g/mol. The van der Waals surface area contributed by atoms with E-state index in [0.29, 0.717) is 28.5 Å². The van der Waals surface area contributed by atoms with Crippen LogP contribution < -0.4 is 10.9 Å². The Bertz CT molecular complexity index is 1110. The van der Waals surface area contributed by atoms with E-state index in [4.69, 9.17) is 16.3 Å². The van der Waals surface area contributed by atoms with Gasteiger partial charge in [-0.05, 0) is 24.6 Å². The number of anilines is 1. The number of ether oxygens (including phenoxy) is 1. The molecule has 8 heteroatoms. The van der Waals surface area contributed by atoms with E-state index in [-0.39, 0.29) is 16.9 Å². The molecule has 32 heavy (non-hydrogen) atoms. The number of aromatic nitrogens is 2. The van der Waals surface area contributed by atoms with Gasteiger partial charge < -0.3 is 15.0 Å². The molecule has 1 spiro atoms. The van der Waals surface area contributed by atoms with Gasteiger partial charge >= 0.3 is 0 Å². The first-order valence-corrected chi connectivity index (χ1v) is 11.1. The lowest BCUT2D eigenvalue weighted by Crippen LogP contribution is -2.44. The van der Waals surface area contributed by atoms with Crippen molar-refractivity contribution in [3.8, 4) is 11.3 Å². The highest BCUT2D eigenvalue weighted by Gasteiger charge is 2.44. The van der Waals surface area contributed by atoms with E-state index >= 15 is 0 Å². The maximum atomic E-state index is 12.8. The van der Waals surface area contributed by atoms with Gasteiger partial charge in [0, 0.05) is 46.3 Å². The molecule has 1 aromatic heterocycles. The Morgan fingerprint density at radius 2 is 2.06 bits per heavy atom. The summed E-state index contributed by atoms with van der Waals surface area (Å²) in [7, 11) is 0. The van der Waals surface area contributed by atoms with Gasteiger partial charge in [-0.2, -0.15) is 0 Å². The molecule has 2 aliphatic heterocycles. The number of rotatable bonds is 5. The lowest BCUT2D eigenvalue weighted by molar-refractivity contribution is -0.123. The number of likely N-dealkylation sites (tertiary alicyclic amines) is 1. The fourth-order valence-corrected chi connectivity index (χ4v) is 4.15. The van der Waals surface area contributed by atoms with Crippen LogP contribution in [0.3, 0.4) is 0 Å². The smallest absolute Gasteiger partial charge is 0.254 e. The number of nitrogens with zero attached hydrogens (tertiary/aromatic N) is 3. The monoisotopic (exact) mass is 456 g/mol. The minimum Gasteiger partial charge on any atom is -0.380 e. The van der Waals surface area contributed by atoms with Crippen molar-refractivity contribution in [2.75, 3.05) is 31.6 Å². The molecule has 2 fully saturated rings. The van der Waals surface area contributed by atoms with Gasteiger partial charge in [-0.25, -0.2) is 4.98 Å². The van der Waals surface area contributed by atoms with Crippen LogP contribution in [-0.2, 0) is 16.1 Å². The fraction of sp³-hybridized carbons (Fsp3) is 0.458. The predicted octanol–water partition coefficient (Wildman–Crippen LogP) is 3.78. The molecule has 1 amide bonds. The Balaban J connectivity index is 1.53. The number of benzene rings is 1. The minimum absolute atomic E-state index is 0.147. The zero-order chi connectivity index (χ0) is 23.1. The van der Waals surface area contributed by atoms with Crippen molar-refractivity contribution in [2.45, 2.75) is 33.7 Å². The van der Waals surface area contributed by atoms with Crippen LogP contribution in [0.25, 0.3) is 11.3 Å². The highest BCUT2D eigenvalue weighted by atomic mass is 35.5. The summed E-state index contributed by atoms with van der Waals surface area (Å²) >= 11 is 6.15. The SMILES string of the molecule is C=C(Cn1cnc(-c2ccc(Cl)cc2NC(=O)C(C)(C)C)cc1=O)N1CCC2(COC2)C1. The molecular formula is C24H29ClN4O3. The van der Waals surface area contributed by atoms with E-state index < -0.39 is 5.41 Å². The normalized spacial score (nSPS) is 17.3. The topological polar surface area (TPSA) is 76.5 Å². The third-order valence-electron chi connectivity index (χ3n) is 6.12. The molecule has 0 bridgehead atoms. The first-order chi connectivity index (χ1) is 15.1. The van der Waals surface area contributed by atoms with Crippen molar-refractivity contribution < 1.29 is 9.53 Å². The molecule has 170 valence electrons. The van der Waals surface area contributed by atoms with Gasteiger partial charge in [-0.15, -0.1) is 0 Å². The van der Waals surface area contributed by atoms with E-state index in [2.05, 4.69) is 21.8 Å². The molecule has 4 rings (SSSR count). The van der Waals surface area contributed by atoms with Gasteiger partial charge in [0.15, 0.2) is 0 Å². The number of hydrogen-bond acceptors (Lipinski definition) is 5. The van der Waals surface area contributed by atoms with Crippen LogP contribution in [0.15, 0.2) is 47.7 Å². The molecule has 2 saturated heterocycles. The summed E-state index contributed by atoms with van der Waals surface area (Å²) < 4.78 is 6.94. The predicted molar refractivity (Wildman–Crippen MR) is 126 cm³/mol. The van der Waals surface area contributed by atoms with Crippen LogP contribution in [0, 0.1) is 10.8 Å². The molecule has 0 unspecified atom stereocenters. The number of amides is 1. The Hall–Kier alpha value is -2.64. The van der Waals surface area contributed by atoms with Crippen molar-refractivity contribution in [3.63, 3.8) is 0 Å². The van der Waals surface area contributed by atoms with Gasteiger partial charge in [0.2, 0.25) is 5.91 Å². The van der Waals surface area contributed by atoms with E-state index in [1.807, 2.05) is 20.8 Å². The number of carbonyl (C=O) groups excluding carboxylic acids is 1. The van der Waals surface area contributed by atoms with Crippen LogP contribution in [0.1, 0.15) is 27.2 Å². The molecule has 7 nitrogen and oxygen atoms in total. The number of carbonyl (C=O) groups is 1. The minimum atomic E-state index is -0.573. The maximum absolute atomic E-state index is 12.8. The molecule has 3 heterocycles. The zero-order valence-electron chi connectivity index (χ0n) is 18.8. The quantitative estimate of drug-likeness (QED) is 0.740. The summed E-state index contributed by atoms with van der Waals surface area (Å²) in [6.45, 7) is 13.6. The van der Waals surface area contributed by atoms with Crippen molar-refractivity contribution in [1.82, 2.24) is 14.5 Å². The fourth-order valence-electron chi connectivity index (χ4n) is 3.97. The number of nitrogens with one attached hydrogen (secondary N) is 1. The van der Waals surface area contributed by atoms with E-state index in [0.717, 1.165) is 38.4 Å². The Morgan fingerprint density at radius 1 is 1.31 bits per heavy atom. The van der Waals surface area contributed by atoms with Gasteiger partial charge in [-0.1, -0.05) is 39.0 Å². The highest BCUT2D eigenvalue weighted by Crippen LogP contribution is 2.38. The van der Waals surface area contributed by atoms with Crippen molar-refractivity contribution in [3.05, 3.63) is 58.2 Å². The molecule has 1 aromatic carbocycles. The zero-order valence-corrected chi connectivity index (χ0v) is 19.5. The lowest BCUT2D eigenvalue weighted by Gasteiger charge is -2.38. The first kappa shape index (κ1) is 22.6. The van der Waals surface area contributed by atoms with Crippen molar-refractivity contribution in [2.24, 2.45) is 10.8 Å². The Kier molecular flexibility index (Phi) is 5.90. The molecule has 0 aliphatic carbocycles. The number of halogens is 1. The van der Waals surface area contributed by atoms with E-state index in [1.165, 1.54) is 12.4 Å². The molecule has 0 saturated carbocycles. The molecular weight excluding hydrogens is 428 g/mol. The lowest BCUT2D eigenvalue weighted by atomic mass is 9.85. The standard InChI is InChI=1S/C24H29ClN4O3/c1-16(28-8-7-24(12-28)13-32-14-24)11-29-15-26-19(10-21(29)30)18-6-5-17(25)9-20(18)27-22(31)23(2,3)4/h5-6,9-10,15H,1,7-8,11-14H2,2-4H3,(H,27,31). The Morgan fingerprint density at radius 3 is 2.66 bits per heavy atom. The van der Waals surface area contributed by atoms with Gasteiger partial charge in [-0.3, -0.25) is 14.2 Å². The summed E-state index contributed by atoms with van der Waals surface area (Å²) in [6.07, 6.45) is 2.63. The number of allylic oxidation sites excluding steroid dienone is 1. The van der Waals surface area contributed by atoms with Gasteiger partial charge in [0.1, 0.15) is 0 Å². The van der Waals surface area contributed by atoms with E-state index in [9.17, 15) is 9.59 Å². The summed E-state index contributed by atoms with van der Waals surface area (Å²) in [6, 6.07) is 6.62. The second-order valence-electron chi connectivity index (χ2n) is 9.86. The first-order valence-electron chi connectivity index (χ1n) is 10.7. The van der Waals surface area contributed by atoms with Gasteiger partial charge in [0.05, 0.1) is 37.5 Å². The van der Waals surface area contributed by atoms with Crippen molar-refractivity contribution in [1.29, 1.82) is 0 Å². The van der Waals surface area contributed by atoms with Crippen LogP contribution in [0.4, 0.5) is 5.69 Å². The van der Waals surface area contributed by atoms with E-state index in [1.54, 1.807) is 22.8 Å². The summed E-state index contributed by atoms with van der Waals surface area (Å²) in [5, 5.41) is 3.40. The third-order valence-corrected chi connectivity index (χ3v) is 6.36. The maximum Gasteiger partial charge on any atom is 0.254 e. The second kappa shape index (κ2) is 8.37. The van der Waals surface area contributed by atoms with Crippen LogP contribution in [-0.4, -0.2) is 46.7 Å². The van der Waals surface area contributed by atoms with Crippen LogP contribution >= 0.6 is 11.6 Å². The highest BCUT2D eigenvalue weighted by molar-refractivity contribution is 6.31. The molecule has 2 aromatic rings. The Labute approximate surface area is 193 Å². The number of hydrogen-bond donors (Lipinski definition) is 1. The van der Waals surface area contributed by atoms with Gasteiger partial charge in [0.25, 0.3) is 5.56 Å². The molecule has 2 aliphatic rings. The van der Waals surface area contributed by atoms with Crippen molar-refractivity contribution >= 4 is 23.2 Å². The van der Waals surface area contributed by atoms with Crippen LogP contribution in [0.2, 0.25) is 5.02 Å². The van der Waals surface area contributed by atoms with Crippen LogP contribution in [0.5, 0.6) is 0 Å². The molecule has 1 N–H and O–H groups in total. The molecule has 0 radical (unpaired) electrons. The summed E-state index contributed by atoms with van der Waals surface area (Å²) in [5.74, 6) is -0.147. The summed E-state index contributed by atoms with van der Waals surface area (Å²) in [4.78, 5) is 32.1. The average Bonchev–Trinajstić information content (AvgIpc) is 3.15.